The van der Waals surface area contributed by atoms with Gasteiger partial charge in [-0.1, -0.05) is 34.1 Å². The van der Waals surface area contributed by atoms with Crippen LogP contribution in [0, 0.1) is 0 Å². The average molecular weight is 480 g/mol. The van der Waals surface area contributed by atoms with Crippen molar-refractivity contribution in [2.45, 2.75) is 0 Å². The molecule has 4 aromatic rings. The molecule has 6 nitrogen and oxygen atoms in total. The Kier molecular flexibility index (Phi) is 6.04. The first-order valence-corrected chi connectivity index (χ1v) is 10.2. The zero-order chi connectivity index (χ0) is 21.8. The molecule has 0 aliphatic carbocycles. The number of para-hydroxylation sites is 1. The molecule has 0 bridgehead atoms. The molecule has 0 atom stereocenters. The van der Waals surface area contributed by atoms with Crippen LogP contribution in [0.3, 0.4) is 0 Å². The second-order valence-corrected chi connectivity index (χ2v) is 7.61. The van der Waals surface area contributed by atoms with Gasteiger partial charge in [0.1, 0.15) is 17.1 Å². The number of methoxy groups -OCH3 is 1. The van der Waals surface area contributed by atoms with Gasteiger partial charge in [-0.05, 0) is 48.5 Å². The topological polar surface area (TPSA) is 77.8 Å². The minimum Gasteiger partial charge on any atom is -0.496 e. The van der Waals surface area contributed by atoms with Crippen LogP contribution in [0.2, 0.25) is 0 Å². The predicted octanol–water partition coefficient (Wildman–Crippen LogP) is 5.25. The standard InChI is InChI=1S/C24H18BrNO5/c1-29-22-13-17(26-23(27)14-30-18-9-6-16(25)7-10-18)8-11-19(22)20-12-15-4-2-3-5-21(15)31-24(20)28/h2-13H,14H2,1H3,(H,26,27). The van der Waals surface area contributed by atoms with E-state index in [1.54, 1.807) is 42.5 Å². The Morgan fingerprint density at radius 3 is 2.55 bits per heavy atom. The third kappa shape index (κ3) is 4.78. The highest BCUT2D eigenvalue weighted by Crippen LogP contribution is 2.32. The maximum Gasteiger partial charge on any atom is 0.344 e. The maximum absolute atomic E-state index is 12.5. The van der Waals surface area contributed by atoms with Crippen molar-refractivity contribution in [3.05, 3.63) is 87.7 Å². The SMILES string of the molecule is COc1cc(NC(=O)COc2ccc(Br)cc2)ccc1-c1cc2ccccc2oc1=O. The van der Waals surface area contributed by atoms with Crippen molar-refractivity contribution in [3.63, 3.8) is 0 Å². The summed E-state index contributed by atoms with van der Waals surface area (Å²) in [5.41, 5.74) is 1.54. The van der Waals surface area contributed by atoms with Gasteiger partial charge in [0.2, 0.25) is 0 Å². The lowest BCUT2D eigenvalue weighted by Crippen LogP contribution is -2.20. The van der Waals surface area contributed by atoms with E-state index < -0.39 is 5.63 Å². The molecule has 7 heteroatoms. The van der Waals surface area contributed by atoms with E-state index >= 15 is 0 Å². The van der Waals surface area contributed by atoms with E-state index in [-0.39, 0.29) is 12.5 Å². The van der Waals surface area contributed by atoms with Gasteiger partial charge < -0.3 is 19.2 Å². The van der Waals surface area contributed by atoms with Crippen LogP contribution in [0.1, 0.15) is 0 Å². The van der Waals surface area contributed by atoms with Gasteiger partial charge >= 0.3 is 5.63 Å². The summed E-state index contributed by atoms with van der Waals surface area (Å²) in [7, 11) is 1.50. The molecule has 3 aromatic carbocycles. The zero-order valence-corrected chi connectivity index (χ0v) is 18.1. The molecule has 0 aliphatic rings. The number of amides is 1. The largest absolute Gasteiger partial charge is 0.496 e. The van der Waals surface area contributed by atoms with Crippen molar-refractivity contribution in [1.29, 1.82) is 0 Å². The number of hydrogen-bond acceptors (Lipinski definition) is 5. The van der Waals surface area contributed by atoms with Gasteiger partial charge in [0.15, 0.2) is 6.61 Å². The Labute approximate surface area is 186 Å². The average Bonchev–Trinajstić information content (AvgIpc) is 2.78. The van der Waals surface area contributed by atoms with Crippen molar-refractivity contribution in [2.75, 3.05) is 19.0 Å². The summed E-state index contributed by atoms with van der Waals surface area (Å²) in [6.45, 7) is -0.139. The summed E-state index contributed by atoms with van der Waals surface area (Å²) in [6.07, 6.45) is 0. The first-order valence-electron chi connectivity index (χ1n) is 9.43. The molecule has 0 spiro atoms. The smallest absolute Gasteiger partial charge is 0.344 e. The Morgan fingerprint density at radius 1 is 1.00 bits per heavy atom. The van der Waals surface area contributed by atoms with Gasteiger partial charge in [0.05, 0.1) is 12.7 Å². The lowest BCUT2D eigenvalue weighted by molar-refractivity contribution is -0.118. The van der Waals surface area contributed by atoms with E-state index in [1.165, 1.54) is 7.11 Å². The minimum atomic E-state index is -0.461. The molecule has 0 saturated carbocycles. The second-order valence-electron chi connectivity index (χ2n) is 6.69. The number of fused-ring (bicyclic) bond motifs is 1. The number of anilines is 1. The maximum atomic E-state index is 12.5. The minimum absolute atomic E-state index is 0.139. The first-order chi connectivity index (χ1) is 15.0. The summed E-state index contributed by atoms with van der Waals surface area (Å²) in [5, 5.41) is 3.57. The summed E-state index contributed by atoms with van der Waals surface area (Å²) < 4.78 is 17.3. The van der Waals surface area contributed by atoms with E-state index in [4.69, 9.17) is 13.9 Å². The van der Waals surface area contributed by atoms with Gasteiger partial charge in [0.25, 0.3) is 5.91 Å². The fourth-order valence-corrected chi connectivity index (χ4v) is 3.38. The Morgan fingerprint density at radius 2 is 1.77 bits per heavy atom. The van der Waals surface area contributed by atoms with Crippen LogP contribution in [0.5, 0.6) is 11.5 Å². The third-order valence-corrected chi connectivity index (χ3v) is 5.13. The number of rotatable bonds is 6. The van der Waals surface area contributed by atoms with Crippen molar-refractivity contribution >= 4 is 38.5 Å². The molecule has 1 heterocycles. The van der Waals surface area contributed by atoms with E-state index in [0.29, 0.717) is 33.9 Å². The van der Waals surface area contributed by atoms with Crippen LogP contribution in [0.15, 0.2) is 86.5 Å². The molecule has 0 unspecified atom stereocenters. The quantitative estimate of drug-likeness (QED) is 0.382. The Hall–Kier alpha value is -3.58. The Bertz CT molecular complexity index is 1300. The third-order valence-electron chi connectivity index (χ3n) is 4.60. The second kappa shape index (κ2) is 9.06. The first kappa shape index (κ1) is 20.7. The van der Waals surface area contributed by atoms with E-state index in [1.807, 2.05) is 30.3 Å². The van der Waals surface area contributed by atoms with Gasteiger partial charge in [0, 0.05) is 27.2 Å². The van der Waals surface area contributed by atoms with E-state index in [0.717, 1.165) is 9.86 Å². The molecule has 31 heavy (non-hydrogen) atoms. The summed E-state index contributed by atoms with van der Waals surface area (Å²) >= 11 is 3.35. The van der Waals surface area contributed by atoms with Crippen LogP contribution in [0.25, 0.3) is 22.1 Å². The van der Waals surface area contributed by atoms with Crippen LogP contribution < -0.4 is 20.4 Å². The molecule has 156 valence electrons. The molecule has 1 amide bonds. The monoisotopic (exact) mass is 479 g/mol. The zero-order valence-electron chi connectivity index (χ0n) is 16.6. The van der Waals surface area contributed by atoms with Gasteiger partial charge in [-0.3, -0.25) is 4.79 Å². The van der Waals surface area contributed by atoms with Crippen LogP contribution >= 0.6 is 15.9 Å². The van der Waals surface area contributed by atoms with Crippen LogP contribution in [-0.2, 0) is 4.79 Å². The number of nitrogens with one attached hydrogen (secondary N) is 1. The molecule has 0 radical (unpaired) electrons. The molecular formula is C24H18BrNO5. The van der Waals surface area contributed by atoms with Gasteiger partial charge in [-0.2, -0.15) is 0 Å². The normalized spacial score (nSPS) is 10.6. The lowest BCUT2D eigenvalue weighted by atomic mass is 10.0. The summed E-state index contributed by atoms with van der Waals surface area (Å²) in [5.74, 6) is 0.714. The fraction of sp³-hybridized carbons (Fsp3) is 0.0833. The van der Waals surface area contributed by atoms with Gasteiger partial charge in [-0.15, -0.1) is 0 Å². The number of carbonyl (C=O) groups is 1. The van der Waals surface area contributed by atoms with Crippen LogP contribution in [-0.4, -0.2) is 19.6 Å². The molecule has 0 saturated heterocycles. The summed E-state index contributed by atoms with van der Waals surface area (Å²) in [4.78, 5) is 24.8. The predicted molar refractivity (Wildman–Crippen MR) is 123 cm³/mol. The van der Waals surface area contributed by atoms with Crippen molar-refractivity contribution in [1.82, 2.24) is 0 Å². The van der Waals surface area contributed by atoms with Crippen molar-refractivity contribution in [2.24, 2.45) is 0 Å². The van der Waals surface area contributed by atoms with Crippen LogP contribution in [0.4, 0.5) is 5.69 Å². The molecule has 1 aromatic heterocycles. The number of halogens is 1. The molecule has 0 aliphatic heterocycles. The molecule has 4 rings (SSSR count). The number of benzene rings is 3. The van der Waals surface area contributed by atoms with E-state index in [2.05, 4.69) is 21.2 Å². The Balaban J connectivity index is 1.53. The summed E-state index contributed by atoms with van der Waals surface area (Å²) in [6, 6.07) is 21.3. The van der Waals surface area contributed by atoms with E-state index in [9.17, 15) is 9.59 Å². The highest BCUT2D eigenvalue weighted by Gasteiger charge is 2.14. The molecule has 0 fully saturated rings. The lowest BCUT2D eigenvalue weighted by Gasteiger charge is -2.12. The molecule has 1 N–H and O–H groups in total. The highest BCUT2D eigenvalue weighted by molar-refractivity contribution is 9.10. The number of carbonyl (C=O) groups excluding carboxylic acids is 1. The van der Waals surface area contributed by atoms with Gasteiger partial charge in [-0.25, -0.2) is 4.79 Å². The number of hydrogen-bond donors (Lipinski definition) is 1. The highest BCUT2D eigenvalue weighted by atomic mass is 79.9. The fourth-order valence-electron chi connectivity index (χ4n) is 3.12. The van der Waals surface area contributed by atoms with Crippen molar-refractivity contribution in [3.8, 4) is 22.6 Å². The van der Waals surface area contributed by atoms with Crippen molar-refractivity contribution < 1.29 is 18.7 Å². The number of ether oxygens (including phenoxy) is 2. The molecular weight excluding hydrogens is 462 g/mol.